The average molecular weight is 312 g/mol. The van der Waals surface area contributed by atoms with Gasteiger partial charge in [-0.15, -0.1) is 0 Å². The van der Waals surface area contributed by atoms with E-state index in [1.165, 1.54) is 0 Å². The molecule has 1 aliphatic rings. The van der Waals surface area contributed by atoms with Gasteiger partial charge in [0.2, 0.25) is 5.88 Å². The molecular weight excluding hydrogens is 296 g/mol. The average Bonchev–Trinajstić information content (AvgIpc) is 2.89. The fourth-order valence-electron chi connectivity index (χ4n) is 2.54. The SMILES string of the molecule is c1ccc2oc(N3CCOC[C@H](Oc4cnccn4)C3)nc2c1. The van der Waals surface area contributed by atoms with Gasteiger partial charge in [0.05, 0.1) is 26.0 Å². The molecule has 3 heterocycles. The molecule has 3 aromatic rings. The molecule has 4 rings (SSSR count). The van der Waals surface area contributed by atoms with Crippen LogP contribution >= 0.6 is 0 Å². The van der Waals surface area contributed by atoms with Crippen LogP contribution in [0.25, 0.3) is 11.1 Å². The molecule has 1 aliphatic heterocycles. The van der Waals surface area contributed by atoms with Crippen LogP contribution in [0.5, 0.6) is 5.88 Å². The van der Waals surface area contributed by atoms with Crippen molar-refractivity contribution >= 4 is 17.1 Å². The summed E-state index contributed by atoms with van der Waals surface area (Å²) in [6, 6.07) is 8.31. The van der Waals surface area contributed by atoms with Gasteiger partial charge in [0, 0.05) is 18.9 Å². The fraction of sp³-hybridized carbons (Fsp3) is 0.312. The van der Waals surface area contributed by atoms with Gasteiger partial charge >= 0.3 is 0 Å². The Hall–Kier alpha value is -2.67. The minimum absolute atomic E-state index is 0.163. The van der Waals surface area contributed by atoms with Gasteiger partial charge in [0.1, 0.15) is 11.6 Å². The first-order chi connectivity index (χ1) is 11.4. The summed E-state index contributed by atoms with van der Waals surface area (Å²) >= 11 is 0. The van der Waals surface area contributed by atoms with E-state index in [9.17, 15) is 0 Å². The van der Waals surface area contributed by atoms with E-state index < -0.39 is 0 Å². The number of anilines is 1. The minimum Gasteiger partial charge on any atom is -0.469 e. The summed E-state index contributed by atoms with van der Waals surface area (Å²) in [4.78, 5) is 14.7. The van der Waals surface area contributed by atoms with Crippen LogP contribution in [0, 0.1) is 0 Å². The third kappa shape index (κ3) is 3.09. The molecule has 118 valence electrons. The van der Waals surface area contributed by atoms with E-state index in [0.29, 0.717) is 38.2 Å². The zero-order valence-corrected chi connectivity index (χ0v) is 12.5. The number of oxazole rings is 1. The molecule has 2 aromatic heterocycles. The van der Waals surface area contributed by atoms with Gasteiger partial charge in [-0.05, 0) is 12.1 Å². The number of fused-ring (bicyclic) bond motifs is 1. The maximum Gasteiger partial charge on any atom is 0.298 e. The number of aromatic nitrogens is 3. The molecule has 0 aliphatic carbocycles. The van der Waals surface area contributed by atoms with Crippen molar-refractivity contribution in [1.29, 1.82) is 0 Å². The Bertz CT molecular complexity index is 744. The summed E-state index contributed by atoms with van der Waals surface area (Å²) in [7, 11) is 0. The zero-order valence-electron chi connectivity index (χ0n) is 12.5. The van der Waals surface area contributed by atoms with Crippen molar-refractivity contribution < 1.29 is 13.9 Å². The van der Waals surface area contributed by atoms with Crippen molar-refractivity contribution in [2.45, 2.75) is 6.10 Å². The minimum atomic E-state index is -0.163. The number of rotatable bonds is 3. The maximum absolute atomic E-state index is 5.85. The van der Waals surface area contributed by atoms with Crippen LogP contribution in [0.2, 0.25) is 0 Å². The second kappa shape index (κ2) is 6.21. The van der Waals surface area contributed by atoms with Crippen molar-refractivity contribution in [1.82, 2.24) is 15.0 Å². The Balaban J connectivity index is 1.53. The van der Waals surface area contributed by atoms with Crippen molar-refractivity contribution in [3.63, 3.8) is 0 Å². The highest BCUT2D eigenvalue weighted by Crippen LogP contribution is 2.23. The summed E-state index contributed by atoms with van der Waals surface area (Å²) in [6.07, 6.45) is 4.64. The number of hydrogen-bond acceptors (Lipinski definition) is 7. The van der Waals surface area contributed by atoms with E-state index in [2.05, 4.69) is 15.0 Å². The van der Waals surface area contributed by atoms with Gasteiger partial charge in [0.25, 0.3) is 6.01 Å². The monoisotopic (exact) mass is 312 g/mol. The van der Waals surface area contributed by atoms with Crippen LogP contribution in [0.1, 0.15) is 0 Å². The normalized spacial score (nSPS) is 18.8. The van der Waals surface area contributed by atoms with Crippen LogP contribution < -0.4 is 9.64 Å². The molecule has 1 saturated heterocycles. The van der Waals surface area contributed by atoms with E-state index >= 15 is 0 Å². The lowest BCUT2D eigenvalue weighted by Crippen LogP contribution is -2.36. The van der Waals surface area contributed by atoms with Crippen LogP contribution in [-0.4, -0.2) is 47.4 Å². The summed E-state index contributed by atoms with van der Waals surface area (Å²) < 4.78 is 17.3. The van der Waals surface area contributed by atoms with E-state index in [1.54, 1.807) is 18.6 Å². The number of ether oxygens (including phenoxy) is 2. The smallest absolute Gasteiger partial charge is 0.298 e. The topological polar surface area (TPSA) is 73.5 Å². The Kier molecular flexibility index (Phi) is 3.77. The summed E-state index contributed by atoms with van der Waals surface area (Å²) in [6.45, 7) is 2.41. The predicted octanol–water partition coefficient (Wildman–Crippen LogP) is 1.90. The lowest BCUT2D eigenvalue weighted by atomic mass is 10.3. The molecule has 0 saturated carbocycles. The fourth-order valence-corrected chi connectivity index (χ4v) is 2.54. The molecule has 7 nitrogen and oxygen atoms in total. The first kappa shape index (κ1) is 14.0. The molecule has 0 unspecified atom stereocenters. The van der Waals surface area contributed by atoms with Crippen LogP contribution in [0.15, 0.2) is 47.3 Å². The molecule has 23 heavy (non-hydrogen) atoms. The molecule has 0 amide bonds. The molecule has 0 radical (unpaired) electrons. The van der Waals surface area contributed by atoms with Crippen molar-refractivity contribution in [2.24, 2.45) is 0 Å². The van der Waals surface area contributed by atoms with Gasteiger partial charge in [0.15, 0.2) is 5.58 Å². The molecule has 1 aromatic carbocycles. The quantitative estimate of drug-likeness (QED) is 0.731. The Morgan fingerprint density at radius 1 is 1.22 bits per heavy atom. The molecule has 0 bridgehead atoms. The van der Waals surface area contributed by atoms with Crippen molar-refractivity contribution in [3.05, 3.63) is 42.9 Å². The second-order valence-electron chi connectivity index (χ2n) is 5.27. The molecular formula is C16H16N4O3. The number of benzene rings is 1. The van der Waals surface area contributed by atoms with Crippen LogP contribution in [0.4, 0.5) is 6.01 Å². The molecule has 1 atom stereocenters. The highest BCUT2D eigenvalue weighted by molar-refractivity contribution is 5.74. The largest absolute Gasteiger partial charge is 0.469 e. The first-order valence-corrected chi connectivity index (χ1v) is 7.49. The van der Waals surface area contributed by atoms with E-state index in [1.807, 2.05) is 29.2 Å². The highest BCUT2D eigenvalue weighted by Gasteiger charge is 2.24. The zero-order chi connectivity index (χ0) is 15.5. The van der Waals surface area contributed by atoms with E-state index in [-0.39, 0.29) is 6.10 Å². The molecule has 0 N–H and O–H groups in total. The van der Waals surface area contributed by atoms with E-state index in [0.717, 1.165) is 11.1 Å². The third-order valence-electron chi connectivity index (χ3n) is 3.61. The number of nitrogens with zero attached hydrogens (tertiary/aromatic N) is 4. The van der Waals surface area contributed by atoms with E-state index in [4.69, 9.17) is 13.9 Å². The molecule has 0 spiro atoms. The summed E-state index contributed by atoms with van der Waals surface area (Å²) in [5, 5.41) is 0. The standard InChI is InChI=1S/C16H16N4O3/c1-2-4-14-13(3-1)19-16(23-14)20-7-8-21-11-12(10-20)22-15-9-17-5-6-18-15/h1-6,9,12H,7-8,10-11H2/t12-/m1/s1. The first-order valence-electron chi connectivity index (χ1n) is 7.49. The Labute approximate surface area is 132 Å². The van der Waals surface area contributed by atoms with Crippen molar-refractivity contribution in [3.8, 4) is 5.88 Å². The second-order valence-corrected chi connectivity index (χ2v) is 5.27. The molecule has 1 fully saturated rings. The van der Waals surface area contributed by atoms with Gasteiger partial charge < -0.3 is 18.8 Å². The summed E-state index contributed by atoms with van der Waals surface area (Å²) in [5.41, 5.74) is 1.62. The maximum atomic E-state index is 5.85. The predicted molar refractivity (Wildman–Crippen MR) is 83.5 cm³/mol. The van der Waals surface area contributed by atoms with Crippen LogP contribution in [0.3, 0.4) is 0 Å². The Morgan fingerprint density at radius 3 is 3.04 bits per heavy atom. The van der Waals surface area contributed by atoms with Gasteiger partial charge in [-0.25, -0.2) is 4.98 Å². The lowest BCUT2D eigenvalue weighted by Gasteiger charge is -2.21. The Morgan fingerprint density at radius 2 is 2.17 bits per heavy atom. The van der Waals surface area contributed by atoms with Gasteiger partial charge in [-0.2, -0.15) is 4.98 Å². The third-order valence-corrected chi connectivity index (χ3v) is 3.61. The number of para-hydroxylation sites is 2. The summed E-state index contributed by atoms with van der Waals surface area (Å²) in [5.74, 6) is 0.487. The van der Waals surface area contributed by atoms with Crippen LogP contribution in [-0.2, 0) is 4.74 Å². The van der Waals surface area contributed by atoms with Gasteiger partial charge in [-0.3, -0.25) is 4.98 Å². The highest BCUT2D eigenvalue weighted by atomic mass is 16.5. The molecule has 7 heteroatoms. The van der Waals surface area contributed by atoms with Gasteiger partial charge in [-0.1, -0.05) is 12.1 Å². The van der Waals surface area contributed by atoms with Crippen molar-refractivity contribution in [2.75, 3.05) is 31.2 Å². The lowest BCUT2D eigenvalue weighted by molar-refractivity contribution is 0.0703. The number of hydrogen-bond donors (Lipinski definition) is 0.